The van der Waals surface area contributed by atoms with Gasteiger partial charge in [-0.2, -0.15) is 0 Å². The summed E-state index contributed by atoms with van der Waals surface area (Å²) in [6.07, 6.45) is 8.69. The number of carbonyl (C=O) groups excluding carboxylic acids is 1. The van der Waals surface area contributed by atoms with E-state index in [0.717, 1.165) is 13.1 Å². The quantitative estimate of drug-likeness (QED) is 0.734. The molecule has 2 aliphatic heterocycles. The molecule has 16 heavy (non-hydrogen) atoms. The maximum Gasteiger partial charge on any atom is 0.332 e. The fourth-order valence-corrected chi connectivity index (χ4v) is 3.38. The molecule has 0 aromatic heterocycles. The fraction of sp³-hybridized carbons (Fsp3) is 0.917. The summed E-state index contributed by atoms with van der Waals surface area (Å²) in [6, 6.07) is 1.02. The van der Waals surface area contributed by atoms with Crippen LogP contribution in [-0.4, -0.2) is 41.2 Å². The van der Waals surface area contributed by atoms with Crippen molar-refractivity contribution in [2.75, 3.05) is 13.1 Å². The number of hydrogen-bond donors (Lipinski definition) is 1. The second kappa shape index (κ2) is 4.24. The highest BCUT2D eigenvalue weighted by Crippen LogP contribution is 2.30. The molecule has 0 spiro atoms. The molecule has 3 fully saturated rings. The van der Waals surface area contributed by atoms with Crippen molar-refractivity contribution in [2.45, 2.75) is 57.0 Å². The number of amides is 2. The smallest absolute Gasteiger partial charge is 0.332 e. The summed E-state index contributed by atoms with van der Waals surface area (Å²) in [5, 5.41) is 7.48. The summed E-state index contributed by atoms with van der Waals surface area (Å²) in [7, 11) is 0. The van der Waals surface area contributed by atoms with Crippen LogP contribution in [0.5, 0.6) is 0 Å². The van der Waals surface area contributed by atoms with Crippen LogP contribution in [0.2, 0.25) is 0 Å². The van der Waals surface area contributed by atoms with Crippen LogP contribution in [0.15, 0.2) is 0 Å². The Morgan fingerprint density at radius 3 is 2.56 bits per heavy atom. The molecule has 3 aliphatic rings. The molecule has 1 saturated carbocycles. The highest BCUT2D eigenvalue weighted by atomic mass is 16.2. The second-order valence-electron chi connectivity index (χ2n) is 5.27. The molecule has 2 heterocycles. The van der Waals surface area contributed by atoms with E-state index in [9.17, 15) is 4.79 Å². The highest BCUT2D eigenvalue weighted by Gasteiger charge is 2.43. The largest absolute Gasteiger partial charge is 0.332 e. The van der Waals surface area contributed by atoms with Gasteiger partial charge in [-0.25, -0.2) is 9.80 Å². The van der Waals surface area contributed by atoms with Gasteiger partial charge in [0.25, 0.3) is 0 Å². The first kappa shape index (κ1) is 10.4. The van der Waals surface area contributed by atoms with Crippen molar-refractivity contribution in [3.05, 3.63) is 0 Å². The summed E-state index contributed by atoms with van der Waals surface area (Å²) in [6.45, 7) is 2.13. The third-order valence-electron chi connectivity index (χ3n) is 4.20. The molecule has 1 aliphatic carbocycles. The fourth-order valence-electron chi connectivity index (χ4n) is 3.38. The third kappa shape index (κ3) is 1.69. The van der Waals surface area contributed by atoms with Crippen molar-refractivity contribution in [3.8, 4) is 0 Å². The summed E-state index contributed by atoms with van der Waals surface area (Å²) in [4.78, 5) is 12.0. The maximum absolute atomic E-state index is 12.0. The predicted octanol–water partition coefficient (Wildman–Crippen LogP) is 1.72. The number of piperidine rings is 1. The lowest BCUT2D eigenvalue weighted by atomic mass is 9.91. The molecule has 4 nitrogen and oxygen atoms in total. The molecule has 2 saturated heterocycles. The van der Waals surface area contributed by atoms with Gasteiger partial charge in [0.05, 0.1) is 12.1 Å². The summed E-state index contributed by atoms with van der Waals surface area (Å²) in [5.74, 6) is 0. The monoisotopic (exact) mass is 223 g/mol. The first-order valence-corrected chi connectivity index (χ1v) is 6.71. The first-order valence-electron chi connectivity index (χ1n) is 6.71. The van der Waals surface area contributed by atoms with E-state index in [1.165, 1.54) is 44.9 Å². The van der Waals surface area contributed by atoms with Gasteiger partial charge in [0.15, 0.2) is 0 Å². The van der Waals surface area contributed by atoms with Crippen molar-refractivity contribution >= 4 is 6.03 Å². The number of fused-ring (bicyclic) bond motifs is 1. The van der Waals surface area contributed by atoms with E-state index in [1.807, 2.05) is 5.01 Å². The Morgan fingerprint density at radius 2 is 1.75 bits per heavy atom. The predicted molar refractivity (Wildman–Crippen MR) is 61.8 cm³/mol. The van der Waals surface area contributed by atoms with Crippen molar-refractivity contribution in [1.29, 1.82) is 0 Å². The molecular formula is C12H21N3O. The van der Waals surface area contributed by atoms with Gasteiger partial charge in [-0.1, -0.05) is 19.3 Å². The summed E-state index contributed by atoms with van der Waals surface area (Å²) in [5.41, 5.74) is 0. The molecule has 0 radical (unpaired) electrons. The molecule has 2 atom stereocenters. The molecule has 0 aromatic rings. The van der Waals surface area contributed by atoms with Crippen LogP contribution < -0.4 is 5.32 Å². The Kier molecular flexibility index (Phi) is 2.75. The lowest BCUT2D eigenvalue weighted by Gasteiger charge is -2.39. The van der Waals surface area contributed by atoms with Crippen molar-refractivity contribution in [1.82, 2.24) is 15.3 Å². The van der Waals surface area contributed by atoms with Crippen LogP contribution in [0.25, 0.3) is 0 Å². The summed E-state index contributed by atoms with van der Waals surface area (Å²) >= 11 is 0. The minimum Gasteiger partial charge on any atom is -0.332 e. The molecule has 3 rings (SSSR count). The van der Waals surface area contributed by atoms with Crippen molar-refractivity contribution < 1.29 is 4.79 Å². The van der Waals surface area contributed by atoms with Gasteiger partial charge >= 0.3 is 6.03 Å². The van der Waals surface area contributed by atoms with Crippen LogP contribution in [0, 0.1) is 0 Å². The first-order chi connectivity index (χ1) is 7.86. The van der Waals surface area contributed by atoms with E-state index in [1.54, 1.807) is 0 Å². The number of hydrogen-bond acceptors (Lipinski definition) is 2. The lowest BCUT2D eigenvalue weighted by molar-refractivity contribution is -0.0249. The van der Waals surface area contributed by atoms with Gasteiger partial charge in [0, 0.05) is 13.1 Å². The molecule has 2 amide bonds. The molecule has 4 heteroatoms. The minimum atomic E-state index is 0.152. The van der Waals surface area contributed by atoms with Gasteiger partial charge < -0.3 is 5.32 Å². The van der Waals surface area contributed by atoms with Crippen LogP contribution in [0.4, 0.5) is 4.79 Å². The Labute approximate surface area is 96.9 Å². The Hall–Kier alpha value is -0.770. The zero-order valence-electron chi connectivity index (χ0n) is 9.82. The van der Waals surface area contributed by atoms with Crippen LogP contribution in [-0.2, 0) is 0 Å². The van der Waals surface area contributed by atoms with Gasteiger partial charge in [0.2, 0.25) is 0 Å². The van der Waals surface area contributed by atoms with E-state index in [-0.39, 0.29) is 6.03 Å². The van der Waals surface area contributed by atoms with Crippen molar-refractivity contribution in [2.24, 2.45) is 0 Å². The van der Waals surface area contributed by atoms with E-state index in [0.29, 0.717) is 12.1 Å². The van der Waals surface area contributed by atoms with E-state index in [4.69, 9.17) is 0 Å². The zero-order valence-corrected chi connectivity index (χ0v) is 9.82. The van der Waals surface area contributed by atoms with Gasteiger partial charge in [0.1, 0.15) is 0 Å². The molecule has 0 aromatic carbocycles. The average Bonchev–Trinajstić information content (AvgIpc) is 2.66. The highest BCUT2D eigenvalue weighted by molar-refractivity contribution is 5.77. The van der Waals surface area contributed by atoms with Crippen molar-refractivity contribution in [3.63, 3.8) is 0 Å². The number of hydrazine groups is 1. The van der Waals surface area contributed by atoms with Crippen LogP contribution in [0.1, 0.15) is 44.9 Å². The second-order valence-corrected chi connectivity index (χ2v) is 5.27. The minimum absolute atomic E-state index is 0.152. The number of carbonyl (C=O) groups is 1. The number of nitrogens with one attached hydrogen (secondary N) is 1. The summed E-state index contributed by atoms with van der Waals surface area (Å²) < 4.78 is 0. The average molecular weight is 223 g/mol. The van der Waals surface area contributed by atoms with Gasteiger partial charge in [-0.15, -0.1) is 0 Å². The SMILES string of the molecule is O=C1NC2CCCCC2N1N1CCCCC1. The van der Waals surface area contributed by atoms with Gasteiger partial charge in [-0.3, -0.25) is 5.01 Å². The molecular weight excluding hydrogens is 202 g/mol. The standard InChI is InChI=1S/C12H21N3O/c16-12-13-10-6-2-3-7-11(10)15(12)14-8-4-1-5-9-14/h10-11H,1-9H2,(H,13,16). The lowest BCUT2D eigenvalue weighted by Crippen LogP contribution is -2.51. The zero-order chi connectivity index (χ0) is 11.0. The Bertz CT molecular complexity index is 275. The van der Waals surface area contributed by atoms with Crippen LogP contribution >= 0.6 is 0 Å². The van der Waals surface area contributed by atoms with E-state index >= 15 is 0 Å². The number of urea groups is 1. The van der Waals surface area contributed by atoms with E-state index < -0.39 is 0 Å². The molecule has 1 N–H and O–H groups in total. The number of nitrogens with zero attached hydrogens (tertiary/aromatic N) is 2. The Balaban J connectivity index is 1.74. The topological polar surface area (TPSA) is 35.6 Å². The number of rotatable bonds is 1. The molecule has 2 unspecified atom stereocenters. The third-order valence-corrected chi connectivity index (χ3v) is 4.20. The maximum atomic E-state index is 12.0. The van der Waals surface area contributed by atoms with Crippen LogP contribution in [0.3, 0.4) is 0 Å². The molecule has 90 valence electrons. The van der Waals surface area contributed by atoms with E-state index in [2.05, 4.69) is 10.3 Å². The van der Waals surface area contributed by atoms with Gasteiger partial charge in [-0.05, 0) is 25.7 Å². The molecule has 0 bridgehead atoms. The Morgan fingerprint density at radius 1 is 1.00 bits per heavy atom. The normalized spacial score (nSPS) is 36.0.